The number of aromatic hydroxyl groups is 1. The summed E-state index contributed by atoms with van der Waals surface area (Å²) in [5, 5.41) is 9.85. The molecule has 1 heteroatoms. The summed E-state index contributed by atoms with van der Waals surface area (Å²) in [4.78, 5) is 0. The summed E-state index contributed by atoms with van der Waals surface area (Å²) < 4.78 is 0. The molecule has 1 N–H and O–H groups in total. The molecule has 84 valence electrons. The predicted octanol–water partition coefficient (Wildman–Crippen LogP) is 4.39. The standard InChI is InChI=1S/C13H12O.C2H6/c1-10-6-5-9-12(13(10)14)11-7-3-2-4-8-11;1-2/h2-9,14H,1H3;1-2H3. The molecule has 1 nitrogen and oxygen atoms in total. The van der Waals surface area contributed by atoms with Crippen LogP contribution in [0.15, 0.2) is 48.5 Å². The predicted molar refractivity (Wildman–Crippen MR) is 69.6 cm³/mol. The topological polar surface area (TPSA) is 20.2 Å². The highest BCUT2D eigenvalue weighted by Crippen LogP contribution is 2.31. The largest absolute Gasteiger partial charge is 0.507 e. The van der Waals surface area contributed by atoms with Crippen molar-refractivity contribution in [3.63, 3.8) is 0 Å². The third-order valence-corrected chi connectivity index (χ3v) is 2.32. The van der Waals surface area contributed by atoms with Crippen LogP contribution in [0, 0.1) is 6.92 Å². The van der Waals surface area contributed by atoms with E-state index in [1.807, 2.05) is 69.3 Å². The molecule has 0 aromatic heterocycles. The van der Waals surface area contributed by atoms with Gasteiger partial charge in [0.2, 0.25) is 0 Å². The third-order valence-electron chi connectivity index (χ3n) is 2.32. The van der Waals surface area contributed by atoms with E-state index >= 15 is 0 Å². The van der Waals surface area contributed by atoms with Crippen LogP contribution < -0.4 is 0 Å². The van der Waals surface area contributed by atoms with Gasteiger partial charge in [-0.3, -0.25) is 0 Å². The van der Waals surface area contributed by atoms with E-state index in [0.29, 0.717) is 5.75 Å². The minimum absolute atomic E-state index is 0.374. The summed E-state index contributed by atoms with van der Waals surface area (Å²) in [6.45, 7) is 5.90. The van der Waals surface area contributed by atoms with Crippen molar-refractivity contribution in [2.45, 2.75) is 20.8 Å². The van der Waals surface area contributed by atoms with Gasteiger partial charge in [-0.2, -0.15) is 0 Å². The second-order valence-electron chi connectivity index (χ2n) is 3.34. The van der Waals surface area contributed by atoms with Gasteiger partial charge in [0, 0.05) is 5.56 Å². The lowest BCUT2D eigenvalue weighted by Crippen LogP contribution is -1.81. The molecule has 0 radical (unpaired) electrons. The number of hydrogen-bond donors (Lipinski definition) is 1. The summed E-state index contributed by atoms with van der Waals surface area (Å²) in [6.07, 6.45) is 0. The van der Waals surface area contributed by atoms with Gasteiger partial charge in [0.25, 0.3) is 0 Å². The number of hydrogen-bond acceptors (Lipinski definition) is 1. The molecule has 0 bridgehead atoms. The van der Waals surface area contributed by atoms with Crippen LogP contribution in [0.4, 0.5) is 0 Å². The van der Waals surface area contributed by atoms with E-state index in [0.717, 1.165) is 16.7 Å². The molecule has 16 heavy (non-hydrogen) atoms. The summed E-state index contributed by atoms with van der Waals surface area (Å²) >= 11 is 0. The number of aryl methyl sites for hydroxylation is 1. The van der Waals surface area contributed by atoms with Crippen molar-refractivity contribution in [2.24, 2.45) is 0 Å². The van der Waals surface area contributed by atoms with E-state index < -0.39 is 0 Å². The minimum atomic E-state index is 0.374. The van der Waals surface area contributed by atoms with Crippen LogP contribution in [-0.4, -0.2) is 5.11 Å². The Morgan fingerprint density at radius 1 is 0.812 bits per heavy atom. The van der Waals surface area contributed by atoms with Gasteiger partial charge in [-0.25, -0.2) is 0 Å². The average molecular weight is 214 g/mol. The van der Waals surface area contributed by atoms with E-state index in [9.17, 15) is 5.11 Å². The van der Waals surface area contributed by atoms with Gasteiger partial charge < -0.3 is 5.11 Å². The van der Waals surface area contributed by atoms with Gasteiger partial charge in [0.05, 0.1) is 0 Å². The van der Waals surface area contributed by atoms with Crippen molar-refractivity contribution >= 4 is 0 Å². The van der Waals surface area contributed by atoms with E-state index in [1.165, 1.54) is 0 Å². The Hall–Kier alpha value is -1.76. The Kier molecular flexibility index (Phi) is 4.59. The first-order valence-corrected chi connectivity index (χ1v) is 5.63. The van der Waals surface area contributed by atoms with Crippen LogP contribution in [0.1, 0.15) is 19.4 Å². The Bertz CT molecular complexity index is 432. The molecule has 0 fully saturated rings. The van der Waals surface area contributed by atoms with Crippen molar-refractivity contribution in [1.29, 1.82) is 0 Å². The average Bonchev–Trinajstić information content (AvgIpc) is 2.36. The minimum Gasteiger partial charge on any atom is -0.507 e. The molecular weight excluding hydrogens is 196 g/mol. The van der Waals surface area contributed by atoms with Crippen LogP contribution in [0.3, 0.4) is 0 Å². The van der Waals surface area contributed by atoms with Crippen LogP contribution in [0.5, 0.6) is 5.75 Å². The van der Waals surface area contributed by atoms with Crippen molar-refractivity contribution in [3.8, 4) is 16.9 Å². The zero-order valence-corrected chi connectivity index (χ0v) is 10.1. The molecule has 0 unspecified atom stereocenters. The normalized spacial score (nSPS) is 9.19. The fourth-order valence-corrected chi connectivity index (χ4v) is 1.51. The molecule has 2 rings (SSSR count). The van der Waals surface area contributed by atoms with Gasteiger partial charge in [-0.1, -0.05) is 62.4 Å². The van der Waals surface area contributed by atoms with Gasteiger partial charge in [-0.05, 0) is 18.1 Å². The van der Waals surface area contributed by atoms with E-state index in [1.54, 1.807) is 0 Å². The van der Waals surface area contributed by atoms with Crippen molar-refractivity contribution < 1.29 is 5.11 Å². The highest BCUT2D eigenvalue weighted by molar-refractivity contribution is 5.71. The Balaban J connectivity index is 0.000000606. The highest BCUT2D eigenvalue weighted by Gasteiger charge is 2.04. The molecule has 0 aliphatic heterocycles. The maximum atomic E-state index is 9.85. The second kappa shape index (κ2) is 5.96. The summed E-state index contributed by atoms with van der Waals surface area (Å²) in [7, 11) is 0. The zero-order chi connectivity index (χ0) is 12.0. The van der Waals surface area contributed by atoms with E-state index in [4.69, 9.17) is 0 Å². The fraction of sp³-hybridized carbons (Fsp3) is 0.200. The number of rotatable bonds is 1. The number of phenols is 1. The van der Waals surface area contributed by atoms with Crippen molar-refractivity contribution in [2.75, 3.05) is 0 Å². The maximum absolute atomic E-state index is 9.85. The molecule has 0 heterocycles. The first kappa shape index (κ1) is 12.3. The monoisotopic (exact) mass is 214 g/mol. The van der Waals surface area contributed by atoms with Gasteiger partial charge in [0.15, 0.2) is 0 Å². The molecule has 0 saturated heterocycles. The molecule has 0 atom stereocenters. The smallest absolute Gasteiger partial charge is 0.126 e. The molecule has 0 amide bonds. The summed E-state index contributed by atoms with van der Waals surface area (Å²) in [5.74, 6) is 0.374. The zero-order valence-electron chi connectivity index (χ0n) is 10.1. The Morgan fingerprint density at radius 2 is 1.44 bits per heavy atom. The van der Waals surface area contributed by atoms with Crippen LogP contribution in [0.2, 0.25) is 0 Å². The van der Waals surface area contributed by atoms with Gasteiger partial charge >= 0.3 is 0 Å². The maximum Gasteiger partial charge on any atom is 0.126 e. The van der Waals surface area contributed by atoms with Crippen molar-refractivity contribution in [1.82, 2.24) is 0 Å². The lowest BCUT2D eigenvalue weighted by molar-refractivity contribution is 0.473. The lowest BCUT2D eigenvalue weighted by Gasteiger charge is -2.06. The first-order valence-electron chi connectivity index (χ1n) is 5.63. The van der Waals surface area contributed by atoms with Crippen LogP contribution in [-0.2, 0) is 0 Å². The number of benzene rings is 2. The summed E-state index contributed by atoms with van der Waals surface area (Å²) in [5.41, 5.74) is 2.85. The van der Waals surface area contributed by atoms with Gasteiger partial charge in [-0.15, -0.1) is 0 Å². The first-order chi connectivity index (χ1) is 7.79. The Labute approximate surface area is 97.4 Å². The SMILES string of the molecule is CC.Cc1cccc(-c2ccccc2)c1O. The molecule has 0 aliphatic rings. The fourth-order valence-electron chi connectivity index (χ4n) is 1.51. The lowest BCUT2D eigenvalue weighted by atomic mass is 10.0. The van der Waals surface area contributed by atoms with Crippen molar-refractivity contribution in [3.05, 3.63) is 54.1 Å². The van der Waals surface area contributed by atoms with Crippen LogP contribution >= 0.6 is 0 Å². The second-order valence-corrected chi connectivity index (χ2v) is 3.34. The highest BCUT2D eigenvalue weighted by atomic mass is 16.3. The van der Waals surface area contributed by atoms with E-state index in [-0.39, 0.29) is 0 Å². The quantitative estimate of drug-likeness (QED) is 0.746. The molecule has 0 aliphatic carbocycles. The van der Waals surface area contributed by atoms with E-state index in [2.05, 4.69) is 0 Å². The molecule has 0 spiro atoms. The summed E-state index contributed by atoms with van der Waals surface area (Å²) in [6, 6.07) is 15.7. The third kappa shape index (κ3) is 2.63. The molecule has 0 saturated carbocycles. The molecular formula is C15H18O. The van der Waals surface area contributed by atoms with Crippen LogP contribution in [0.25, 0.3) is 11.1 Å². The number of phenolic OH excluding ortho intramolecular Hbond substituents is 1. The number of para-hydroxylation sites is 1. The van der Waals surface area contributed by atoms with Gasteiger partial charge in [0.1, 0.15) is 5.75 Å². The molecule has 2 aromatic carbocycles. The Morgan fingerprint density at radius 3 is 2.06 bits per heavy atom. The molecule has 2 aromatic rings.